The minimum Gasteiger partial charge on any atom is -0.456 e. The molecule has 0 aliphatic carbocycles. The smallest absolute Gasteiger partial charge is 0.137 e. The first-order valence-electron chi connectivity index (χ1n) is 16.8. The van der Waals surface area contributed by atoms with Gasteiger partial charge in [-0.1, -0.05) is 103 Å². The van der Waals surface area contributed by atoms with Crippen molar-refractivity contribution < 1.29 is 4.42 Å². The fourth-order valence-electron chi connectivity index (χ4n) is 8.10. The van der Waals surface area contributed by atoms with Crippen LogP contribution in [0.25, 0.3) is 98.8 Å². The molecule has 8 aromatic carbocycles. The molecule has 0 N–H and O–H groups in total. The summed E-state index contributed by atoms with van der Waals surface area (Å²) in [6, 6.07) is 61.4. The molecule has 228 valence electrons. The standard InChI is InChI=1S/C46H28N2O/c1-2-11-30-26-33(23-20-29(30)10-1)47-39-15-6-3-12-34(39)37-27-31(21-24-41(37)47)32-22-25-42-38(28-32)35-13-4-7-16-40(35)48(42)43-17-9-19-45-46(43)36-14-5-8-18-44(36)49-45/h1-28H. The van der Waals surface area contributed by atoms with Crippen LogP contribution >= 0.6 is 0 Å². The molecule has 0 saturated heterocycles. The fraction of sp³-hybridized carbons (Fsp3) is 0. The third kappa shape index (κ3) is 3.78. The summed E-state index contributed by atoms with van der Waals surface area (Å²) in [7, 11) is 0. The third-order valence-electron chi connectivity index (χ3n) is 10.3. The van der Waals surface area contributed by atoms with Crippen molar-refractivity contribution in [1.82, 2.24) is 9.13 Å². The predicted molar refractivity (Wildman–Crippen MR) is 205 cm³/mol. The van der Waals surface area contributed by atoms with Gasteiger partial charge in [-0.3, -0.25) is 0 Å². The molecule has 3 aromatic heterocycles. The van der Waals surface area contributed by atoms with Crippen LogP contribution < -0.4 is 0 Å². The Morgan fingerprint density at radius 3 is 1.67 bits per heavy atom. The first-order chi connectivity index (χ1) is 24.3. The normalized spacial score (nSPS) is 12.1. The summed E-state index contributed by atoms with van der Waals surface area (Å²) < 4.78 is 11.1. The summed E-state index contributed by atoms with van der Waals surface area (Å²) in [5, 5.41) is 9.74. The van der Waals surface area contributed by atoms with Crippen LogP contribution in [0.1, 0.15) is 0 Å². The van der Waals surface area contributed by atoms with Crippen molar-refractivity contribution in [3.8, 4) is 22.5 Å². The highest BCUT2D eigenvalue weighted by molar-refractivity contribution is 6.15. The second-order valence-electron chi connectivity index (χ2n) is 12.9. The number of hydrogen-bond acceptors (Lipinski definition) is 1. The second-order valence-corrected chi connectivity index (χ2v) is 12.9. The van der Waals surface area contributed by atoms with Crippen LogP contribution in [-0.4, -0.2) is 9.13 Å². The van der Waals surface area contributed by atoms with Crippen molar-refractivity contribution in [2.24, 2.45) is 0 Å². The highest BCUT2D eigenvalue weighted by Crippen LogP contribution is 2.41. The Hall–Kier alpha value is -6.58. The lowest BCUT2D eigenvalue weighted by molar-refractivity contribution is 0.669. The van der Waals surface area contributed by atoms with Crippen LogP contribution in [0.5, 0.6) is 0 Å². The highest BCUT2D eigenvalue weighted by Gasteiger charge is 2.19. The molecule has 3 heterocycles. The molecule has 11 aromatic rings. The minimum atomic E-state index is 0.900. The zero-order valence-electron chi connectivity index (χ0n) is 26.5. The van der Waals surface area contributed by atoms with Crippen LogP contribution in [0.2, 0.25) is 0 Å². The molecule has 0 fully saturated rings. The van der Waals surface area contributed by atoms with Crippen molar-refractivity contribution in [1.29, 1.82) is 0 Å². The molecular weight excluding hydrogens is 597 g/mol. The number of benzene rings is 8. The Kier molecular flexibility index (Phi) is 5.38. The number of hydrogen-bond donors (Lipinski definition) is 0. The molecule has 49 heavy (non-hydrogen) atoms. The zero-order valence-corrected chi connectivity index (χ0v) is 26.5. The van der Waals surface area contributed by atoms with Crippen molar-refractivity contribution >= 4 is 76.3 Å². The largest absolute Gasteiger partial charge is 0.456 e. The average Bonchev–Trinajstić information content (AvgIpc) is 3.82. The Morgan fingerprint density at radius 2 is 0.918 bits per heavy atom. The van der Waals surface area contributed by atoms with E-state index in [0.717, 1.165) is 27.6 Å². The van der Waals surface area contributed by atoms with Crippen LogP contribution in [0, 0.1) is 0 Å². The SMILES string of the molecule is c1ccc2cc(-n3c4ccccc4c4cc(-c5ccc6c(c5)c5ccccc5n6-c5cccc6oc7ccccc7c56)ccc43)ccc2c1. The number of rotatable bonds is 3. The molecule has 0 bridgehead atoms. The first-order valence-corrected chi connectivity index (χ1v) is 16.8. The molecule has 3 nitrogen and oxygen atoms in total. The lowest BCUT2D eigenvalue weighted by Gasteiger charge is -2.11. The molecule has 0 saturated carbocycles. The van der Waals surface area contributed by atoms with Crippen molar-refractivity contribution in [2.75, 3.05) is 0 Å². The quantitative estimate of drug-likeness (QED) is 0.192. The van der Waals surface area contributed by atoms with Gasteiger partial charge in [-0.2, -0.15) is 0 Å². The Labute approximate surface area is 281 Å². The summed E-state index contributed by atoms with van der Waals surface area (Å²) in [4.78, 5) is 0. The fourth-order valence-corrected chi connectivity index (χ4v) is 8.10. The van der Waals surface area contributed by atoms with Crippen molar-refractivity contribution in [3.63, 3.8) is 0 Å². The van der Waals surface area contributed by atoms with E-state index in [1.807, 2.05) is 12.1 Å². The molecule has 3 heteroatoms. The van der Waals surface area contributed by atoms with Crippen LogP contribution in [0.3, 0.4) is 0 Å². The summed E-state index contributed by atoms with van der Waals surface area (Å²) in [6.45, 7) is 0. The highest BCUT2D eigenvalue weighted by atomic mass is 16.3. The molecule has 0 aliphatic heterocycles. The van der Waals surface area contributed by atoms with Crippen LogP contribution in [-0.2, 0) is 0 Å². The molecule has 0 amide bonds. The van der Waals surface area contributed by atoms with E-state index in [9.17, 15) is 0 Å². The Balaban J connectivity index is 1.12. The summed E-state index contributed by atoms with van der Waals surface area (Å²) in [6.07, 6.45) is 0. The van der Waals surface area contributed by atoms with Crippen molar-refractivity contribution in [2.45, 2.75) is 0 Å². The topological polar surface area (TPSA) is 23.0 Å². The average molecular weight is 625 g/mol. The number of aromatic nitrogens is 2. The van der Waals surface area contributed by atoms with E-state index in [4.69, 9.17) is 4.42 Å². The molecule has 0 unspecified atom stereocenters. The van der Waals surface area contributed by atoms with Gasteiger partial charge in [0.05, 0.1) is 33.1 Å². The van der Waals surface area contributed by atoms with E-state index in [1.54, 1.807) is 0 Å². The van der Waals surface area contributed by atoms with E-state index in [-0.39, 0.29) is 0 Å². The van der Waals surface area contributed by atoms with Gasteiger partial charge in [-0.15, -0.1) is 0 Å². The third-order valence-corrected chi connectivity index (χ3v) is 10.3. The summed E-state index contributed by atoms with van der Waals surface area (Å²) in [5.74, 6) is 0. The van der Waals surface area contributed by atoms with Gasteiger partial charge in [0.1, 0.15) is 11.2 Å². The van der Waals surface area contributed by atoms with Gasteiger partial charge in [-0.05, 0) is 88.6 Å². The molecule has 0 spiro atoms. The lowest BCUT2D eigenvalue weighted by atomic mass is 10.0. The maximum Gasteiger partial charge on any atom is 0.137 e. The number of nitrogens with zero attached hydrogens (tertiary/aromatic N) is 2. The molecular formula is C46H28N2O. The maximum atomic E-state index is 6.29. The predicted octanol–water partition coefficient (Wildman–Crippen LogP) is 12.6. The first kappa shape index (κ1) is 26.5. The minimum absolute atomic E-state index is 0.900. The van der Waals surface area contributed by atoms with Gasteiger partial charge in [-0.25, -0.2) is 0 Å². The van der Waals surface area contributed by atoms with Gasteiger partial charge in [0.15, 0.2) is 0 Å². The van der Waals surface area contributed by atoms with E-state index in [1.165, 1.54) is 71.2 Å². The Bertz CT molecular complexity index is 3120. The van der Waals surface area contributed by atoms with E-state index >= 15 is 0 Å². The molecule has 0 aliphatic rings. The van der Waals surface area contributed by atoms with Gasteiger partial charge in [0.2, 0.25) is 0 Å². The monoisotopic (exact) mass is 624 g/mol. The van der Waals surface area contributed by atoms with Gasteiger partial charge < -0.3 is 13.6 Å². The molecule has 11 rings (SSSR count). The molecule has 0 atom stereocenters. The van der Waals surface area contributed by atoms with Gasteiger partial charge >= 0.3 is 0 Å². The van der Waals surface area contributed by atoms with Crippen LogP contribution in [0.4, 0.5) is 0 Å². The van der Waals surface area contributed by atoms with Gasteiger partial charge in [0, 0.05) is 32.6 Å². The van der Waals surface area contributed by atoms with E-state index < -0.39 is 0 Å². The van der Waals surface area contributed by atoms with E-state index in [0.29, 0.717) is 0 Å². The Morgan fingerprint density at radius 1 is 0.347 bits per heavy atom. The van der Waals surface area contributed by atoms with E-state index in [2.05, 4.69) is 167 Å². The zero-order chi connectivity index (χ0) is 32.1. The van der Waals surface area contributed by atoms with Gasteiger partial charge in [0.25, 0.3) is 0 Å². The summed E-state index contributed by atoms with van der Waals surface area (Å²) in [5.41, 5.74) is 11.3. The van der Waals surface area contributed by atoms with Crippen molar-refractivity contribution in [3.05, 3.63) is 170 Å². The van der Waals surface area contributed by atoms with Crippen LogP contribution in [0.15, 0.2) is 174 Å². The number of para-hydroxylation sites is 3. The maximum absolute atomic E-state index is 6.29. The summed E-state index contributed by atoms with van der Waals surface area (Å²) >= 11 is 0. The number of fused-ring (bicyclic) bond motifs is 10. The number of furan rings is 1. The lowest BCUT2D eigenvalue weighted by Crippen LogP contribution is -1.94. The molecule has 0 radical (unpaired) electrons. The second kappa shape index (κ2) is 9.96.